The molecule has 2 aromatic carbocycles. The Morgan fingerprint density at radius 1 is 1.02 bits per heavy atom. The number of fused-ring (bicyclic) bond motifs is 1. The molecule has 2 heterocycles. The monoisotopic (exact) mass is 627 g/mol. The zero-order chi connectivity index (χ0) is 31.9. The molecule has 1 fully saturated rings. The fourth-order valence-corrected chi connectivity index (χ4v) is 7.03. The number of alkyl halides is 3. The van der Waals surface area contributed by atoms with Crippen molar-refractivity contribution in [2.24, 2.45) is 5.41 Å². The topological polar surface area (TPSA) is 97.2 Å². The molecule has 1 saturated carbocycles. The van der Waals surface area contributed by atoms with Gasteiger partial charge < -0.3 is 10.2 Å². The second-order valence-corrected chi connectivity index (χ2v) is 13.8. The summed E-state index contributed by atoms with van der Waals surface area (Å²) < 4.78 is 69.8. The summed E-state index contributed by atoms with van der Waals surface area (Å²) >= 11 is 0. The number of benzene rings is 2. The predicted octanol–water partition coefficient (Wildman–Crippen LogP) is 5.39. The third-order valence-electron chi connectivity index (χ3n) is 8.59. The first-order chi connectivity index (χ1) is 20.7. The van der Waals surface area contributed by atoms with Crippen LogP contribution in [0.2, 0.25) is 0 Å². The van der Waals surface area contributed by atoms with E-state index < -0.39 is 33.4 Å². The summed E-state index contributed by atoms with van der Waals surface area (Å²) in [7, 11) is -0.146. The molecule has 4 aromatic rings. The number of amides is 1. The van der Waals surface area contributed by atoms with E-state index in [1.165, 1.54) is 12.4 Å². The van der Waals surface area contributed by atoms with E-state index in [-0.39, 0.29) is 36.7 Å². The third kappa shape index (κ3) is 6.37. The molecule has 234 valence electrons. The maximum Gasteiger partial charge on any atom is 0.395 e. The van der Waals surface area contributed by atoms with Crippen molar-refractivity contribution in [2.45, 2.75) is 62.6 Å². The Kier molecular flexibility index (Phi) is 8.60. The van der Waals surface area contributed by atoms with Crippen LogP contribution in [0.25, 0.3) is 10.9 Å². The molecule has 44 heavy (non-hydrogen) atoms. The van der Waals surface area contributed by atoms with Crippen molar-refractivity contribution in [3.05, 3.63) is 89.4 Å². The van der Waals surface area contributed by atoms with Crippen LogP contribution < -0.4 is 5.32 Å². The molecule has 0 bridgehead atoms. The minimum Gasteiger partial charge on any atom is -0.355 e. The Labute approximate surface area is 255 Å². The van der Waals surface area contributed by atoms with E-state index in [0.717, 1.165) is 20.8 Å². The molecule has 1 aliphatic rings. The number of aryl methyl sites for hydroxylation is 2. The first-order valence-electron chi connectivity index (χ1n) is 14.4. The van der Waals surface area contributed by atoms with Crippen LogP contribution in [0, 0.1) is 19.3 Å². The van der Waals surface area contributed by atoms with E-state index in [2.05, 4.69) is 15.4 Å². The highest BCUT2D eigenvalue weighted by Gasteiger charge is 2.67. The van der Waals surface area contributed by atoms with Crippen LogP contribution >= 0.6 is 0 Å². The summed E-state index contributed by atoms with van der Waals surface area (Å²) in [6.07, 6.45) is 0.320. The van der Waals surface area contributed by atoms with Gasteiger partial charge in [-0.05, 0) is 88.2 Å². The van der Waals surface area contributed by atoms with E-state index in [0.29, 0.717) is 22.9 Å². The summed E-state index contributed by atoms with van der Waals surface area (Å²) in [5.74, 6) is -1.46. The number of carbonyl (C=O) groups is 1. The highest BCUT2D eigenvalue weighted by atomic mass is 32.2. The van der Waals surface area contributed by atoms with Crippen LogP contribution in [0.4, 0.5) is 13.2 Å². The molecule has 5 rings (SSSR count). The summed E-state index contributed by atoms with van der Waals surface area (Å²) in [5, 5.41) is 7.68. The zero-order valence-corrected chi connectivity index (χ0v) is 25.9. The van der Waals surface area contributed by atoms with Crippen molar-refractivity contribution < 1.29 is 26.4 Å². The molecule has 2 aromatic heterocycles. The van der Waals surface area contributed by atoms with E-state index in [9.17, 15) is 26.4 Å². The van der Waals surface area contributed by atoms with Crippen LogP contribution in [0.15, 0.2) is 72.0 Å². The van der Waals surface area contributed by atoms with Crippen LogP contribution in [0.1, 0.15) is 47.4 Å². The smallest absolute Gasteiger partial charge is 0.355 e. The van der Waals surface area contributed by atoms with Gasteiger partial charge in [0.15, 0.2) is 0 Å². The van der Waals surface area contributed by atoms with Crippen LogP contribution in [0.5, 0.6) is 0 Å². The maximum atomic E-state index is 14.1. The molecule has 0 unspecified atom stereocenters. The Balaban J connectivity index is 1.29. The van der Waals surface area contributed by atoms with Gasteiger partial charge in [0.1, 0.15) is 0 Å². The Bertz CT molecular complexity index is 1760. The maximum absolute atomic E-state index is 14.1. The number of likely N-dealkylation sites (N-methyl/N-ethyl adjacent to an activating group) is 1. The van der Waals surface area contributed by atoms with E-state index in [1.54, 1.807) is 49.5 Å². The van der Waals surface area contributed by atoms with Gasteiger partial charge in [-0.25, -0.2) is 0 Å². The fraction of sp³-hybridized carbons (Fsp3) is 0.406. The van der Waals surface area contributed by atoms with Gasteiger partial charge >= 0.3 is 6.18 Å². The van der Waals surface area contributed by atoms with Crippen molar-refractivity contribution in [3.63, 3.8) is 0 Å². The molecule has 1 N–H and O–H groups in total. The first kappa shape index (κ1) is 31.6. The molecule has 12 heteroatoms. The van der Waals surface area contributed by atoms with E-state index in [4.69, 9.17) is 0 Å². The second kappa shape index (κ2) is 12.0. The van der Waals surface area contributed by atoms with Gasteiger partial charge in [-0.15, -0.1) is 0 Å². The van der Waals surface area contributed by atoms with Gasteiger partial charge in [-0.3, -0.25) is 9.78 Å². The minimum atomic E-state index is -4.42. The molecule has 0 saturated heterocycles. The lowest BCUT2D eigenvalue weighted by atomic mass is 9.80. The average molecular weight is 628 g/mol. The van der Waals surface area contributed by atoms with Crippen molar-refractivity contribution in [1.82, 2.24) is 24.4 Å². The van der Waals surface area contributed by atoms with Crippen LogP contribution in [-0.2, 0) is 21.2 Å². The standard InChI is InChI=1S/C32H36F3N5O3S/c1-21-5-8-27(9-6-21)44(42,43)40-29-10-7-23(14-25(29)19-38-40)15-26(39(3)4)20-37-30(41)16-28(24-13-22(2)17-36-18-24)31(11-12-31)32(33,34)35/h5-10,13-14,17-19,26,28H,11-12,15-16,20H2,1-4H3,(H,37,41)/t26-,28-/m0/s1. The van der Waals surface area contributed by atoms with Crippen LogP contribution in [-0.4, -0.2) is 66.3 Å². The summed E-state index contributed by atoms with van der Waals surface area (Å²) in [4.78, 5) is 19.3. The third-order valence-corrected chi connectivity index (χ3v) is 10.2. The average Bonchev–Trinajstić information content (AvgIpc) is 3.67. The Morgan fingerprint density at radius 3 is 2.34 bits per heavy atom. The molecule has 2 atom stereocenters. The summed E-state index contributed by atoms with van der Waals surface area (Å²) in [5.41, 5.74) is 1.55. The number of nitrogens with one attached hydrogen (secondary N) is 1. The molecular formula is C32H36F3N5O3S. The lowest BCUT2D eigenvalue weighted by molar-refractivity contribution is -0.194. The first-order valence-corrected chi connectivity index (χ1v) is 15.9. The summed E-state index contributed by atoms with van der Waals surface area (Å²) in [6.45, 7) is 3.88. The number of nitrogens with zero attached hydrogens (tertiary/aromatic N) is 4. The Hall–Kier alpha value is -3.77. The van der Waals surface area contributed by atoms with Crippen molar-refractivity contribution in [3.8, 4) is 0 Å². The van der Waals surface area contributed by atoms with Gasteiger partial charge in [0.25, 0.3) is 10.0 Å². The molecular weight excluding hydrogens is 591 g/mol. The zero-order valence-electron chi connectivity index (χ0n) is 25.1. The quantitative estimate of drug-likeness (QED) is 0.240. The SMILES string of the molecule is Cc1ccc(S(=O)(=O)n2ncc3cc(C[C@@H](CNC(=O)C[C@@H](c4cncc(C)c4)C4(C(F)(F)F)CC4)N(C)C)ccc32)cc1. The van der Waals surface area contributed by atoms with Gasteiger partial charge in [-0.1, -0.05) is 29.8 Å². The highest BCUT2D eigenvalue weighted by molar-refractivity contribution is 7.90. The van der Waals surface area contributed by atoms with E-state index >= 15 is 0 Å². The van der Waals surface area contributed by atoms with Gasteiger partial charge in [0.05, 0.1) is 22.0 Å². The molecule has 0 radical (unpaired) electrons. The van der Waals surface area contributed by atoms with E-state index in [1.807, 2.05) is 38.1 Å². The lowest BCUT2D eigenvalue weighted by Gasteiger charge is -2.30. The van der Waals surface area contributed by atoms with Crippen molar-refractivity contribution in [1.29, 1.82) is 0 Å². The number of hydrogen-bond acceptors (Lipinski definition) is 6. The second-order valence-electron chi connectivity index (χ2n) is 12.0. The molecule has 1 amide bonds. The molecule has 8 nitrogen and oxygen atoms in total. The largest absolute Gasteiger partial charge is 0.395 e. The molecule has 0 aliphatic heterocycles. The fourth-order valence-electron chi connectivity index (χ4n) is 5.75. The number of carbonyl (C=O) groups excluding carboxylic acids is 1. The summed E-state index contributed by atoms with van der Waals surface area (Å²) in [6, 6.07) is 13.5. The lowest BCUT2D eigenvalue weighted by Crippen LogP contribution is -2.42. The number of hydrogen-bond donors (Lipinski definition) is 1. The highest BCUT2D eigenvalue weighted by Crippen LogP contribution is 2.66. The van der Waals surface area contributed by atoms with Crippen molar-refractivity contribution >= 4 is 26.8 Å². The molecule has 0 spiro atoms. The number of pyridine rings is 1. The van der Waals surface area contributed by atoms with Crippen molar-refractivity contribution in [2.75, 3.05) is 20.6 Å². The Morgan fingerprint density at radius 2 is 1.73 bits per heavy atom. The number of rotatable bonds is 11. The predicted molar refractivity (Wildman–Crippen MR) is 162 cm³/mol. The normalized spacial score (nSPS) is 16.2. The van der Waals surface area contributed by atoms with Gasteiger partial charge in [-0.2, -0.15) is 30.8 Å². The number of aromatic nitrogens is 3. The number of halogens is 3. The minimum absolute atomic E-state index is 0.00586. The van der Waals surface area contributed by atoms with Crippen LogP contribution in [0.3, 0.4) is 0 Å². The molecule has 1 aliphatic carbocycles. The van der Waals surface area contributed by atoms with Gasteiger partial charge in [0.2, 0.25) is 5.91 Å². The van der Waals surface area contributed by atoms with Gasteiger partial charge in [0, 0.05) is 42.7 Å².